The van der Waals surface area contributed by atoms with Gasteiger partial charge in [0.05, 0.1) is 0 Å². The van der Waals surface area contributed by atoms with Crippen molar-refractivity contribution >= 4 is 11.7 Å². The van der Waals surface area contributed by atoms with Crippen LogP contribution in [0.15, 0.2) is 0 Å². The van der Waals surface area contributed by atoms with Crippen molar-refractivity contribution < 1.29 is 18.4 Å². The van der Waals surface area contributed by atoms with Gasteiger partial charge in [-0.2, -0.15) is 0 Å². The lowest BCUT2D eigenvalue weighted by atomic mass is 9.82. The highest BCUT2D eigenvalue weighted by molar-refractivity contribution is 5.79. The number of carbonyl (C=O) groups is 2. The summed E-state index contributed by atoms with van der Waals surface area (Å²) < 4.78 is 26.1. The first-order valence-corrected chi connectivity index (χ1v) is 7.56. The van der Waals surface area contributed by atoms with Crippen LogP contribution >= 0.6 is 0 Å². The first-order valence-electron chi connectivity index (χ1n) is 7.56. The van der Waals surface area contributed by atoms with E-state index < -0.39 is 5.92 Å². The summed E-state index contributed by atoms with van der Waals surface area (Å²) in [6, 6.07) is 0.112. The van der Waals surface area contributed by atoms with Crippen molar-refractivity contribution in [1.29, 1.82) is 0 Å². The zero-order valence-corrected chi connectivity index (χ0v) is 12.0. The molecule has 2 saturated carbocycles. The molecular weight excluding hydrogens is 264 g/mol. The van der Waals surface area contributed by atoms with Crippen molar-refractivity contribution in [2.75, 3.05) is 0 Å². The van der Waals surface area contributed by atoms with Gasteiger partial charge in [-0.25, -0.2) is 8.78 Å². The number of hydrogen-bond acceptors (Lipinski definition) is 2. The monoisotopic (exact) mass is 287 g/mol. The predicted molar refractivity (Wildman–Crippen MR) is 71.5 cm³/mol. The molecule has 20 heavy (non-hydrogen) atoms. The van der Waals surface area contributed by atoms with Crippen LogP contribution in [-0.4, -0.2) is 23.7 Å². The molecule has 0 aromatic rings. The molecule has 0 heterocycles. The molecular formula is C15H23F2NO2. The average molecular weight is 287 g/mol. The molecule has 1 N–H and O–H groups in total. The summed E-state index contributed by atoms with van der Waals surface area (Å²) in [6.45, 7) is 1.62. The fourth-order valence-electron chi connectivity index (χ4n) is 3.27. The van der Waals surface area contributed by atoms with E-state index in [1.165, 1.54) is 0 Å². The molecule has 2 fully saturated rings. The summed E-state index contributed by atoms with van der Waals surface area (Å²) in [6.07, 6.45) is 3.48. The van der Waals surface area contributed by atoms with Crippen molar-refractivity contribution in [3.63, 3.8) is 0 Å². The molecule has 0 saturated heterocycles. The van der Waals surface area contributed by atoms with Crippen LogP contribution in [0.3, 0.4) is 0 Å². The van der Waals surface area contributed by atoms with Gasteiger partial charge in [-0.15, -0.1) is 0 Å². The Labute approximate surface area is 118 Å². The van der Waals surface area contributed by atoms with E-state index in [1.807, 2.05) is 0 Å². The number of alkyl halides is 2. The SMILES string of the molecule is CC(=O)C1CCC(NC(=O)C2CCC(F)(F)CC2)CC1. The van der Waals surface area contributed by atoms with E-state index in [4.69, 9.17) is 0 Å². The third-order valence-electron chi connectivity index (χ3n) is 4.74. The summed E-state index contributed by atoms with van der Waals surface area (Å²) in [4.78, 5) is 23.3. The molecule has 2 aliphatic rings. The van der Waals surface area contributed by atoms with Gasteiger partial charge in [-0.3, -0.25) is 9.59 Å². The Morgan fingerprint density at radius 3 is 2.00 bits per heavy atom. The third kappa shape index (κ3) is 4.00. The molecule has 5 heteroatoms. The van der Waals surface area contributed by atoms with Crippen molar-refractivity contribution in [1.82, 2.24) is 5.32 Å². The van der Waals surface area contributed by atoms with Crippen LogP contribution < -0.4 is 5.32 Å². The quantitative estimate of drug-likeness (QED) is 0.867. The largest absolute Gasteiger partial charge is 0.353 e. The summed E-state index contributed by atoms with van der Waals surface area (Å²) in [5.41, 5.74) is 0. The normalized spacial score (nSPS) is 30.8. The van der Waals surface area contributed by atoms with E-state index in [0.29, 0.717) is 0 Å². The second kappa shape index (κ2) is 6.19. The second-order valence-corrected chi connectivity index (χ2v) is 6.30. The van der Waals surface area contributed by atoms with Crippen LogP contribution in [0.5, 0.6) is 0 Å². The van der Waals surface area contributed by atoms with Crippen molar-refractivity contribution in [2.24, 2.45) is 11.8 Å². The first-order chi connectivity index (χ1) is 9.37. The molecule has 0 spiro atoms. The Hall–Kier alpha value is -1.00. The highest BCUT2D eigenvalue weighted by Crippen LogP contribution is 2.36. The number of ketones is 1. The molecule has 0 aliphatic heterocycles. The summed E-state index contributed by atoms with van der Waals surface area (Å²) in [5, 5.41) is 2.98. The summed E-state index contributed by atoms with van der Waals surface area (Å²) in [7, 11) is 0. The van der Waals surface area contributed by atoms with Crippen LogP contribution in [0.1, 0.15) is 58.3 Å². The van der Waals surface area contributed by atoms with Gasteiger partial charge in [0.25, 0.3) is 0 Å². The molecule has 0 radical (unpaired) electrons. The number of amides is 1. The van der Waals surface area contributed by atoms with Gasteiger partial charge in [0.1, 0.15) is 5.78 Å². The number of Topliss-reactive ketones (excluding diaryl/α,β-unsaturated/α-hetero) is 1. The smallest absolute Gasteiger partial charge is 0.248 e. The van der Waals surface area contributed by atoms with Crippen LogP contribution in [0, 0.1) is 11.8 Å². The van der Waals surface area contributed by atoms with E-state index in [9.17, 15) is 18.4 Å². The molecule has 2 aliphatic carbocycles. The van der Waals surface area contributed by atoms with E-state index in [1.54, 1.807) is 6.92 Å². The summed E-state index contributed by atoms with van der Waals surface area (Å²) >= 11 is 0. The minimum absolute atomic E-state index is 0.0771. The maximum Gasteiger partial charge on any atom is 0.248 e. The van der Waals surface area contributed by atoms with E-state index in [-0.39, 0.29) is 55.3 Å². The summed E-state index contributed by atoms with van der Waals surface area (Å²) in [5.74, 6) is -2.57. The number of nitrogens with one attached hydrogen (secondary N) is 1. The van der Waals surface area contributed by atoms with Gasteiger partial charge in [0.2, 0.25) is 11.8 Å². The number of halogens is 2. The standard InChI is InChI=1S/C15H23F2NO2/c1-10(19)11-2-4-13(5-3-11)18-14(20)12-6-8-15(16,17)9-7-12/h11-13H,2-9H2,1H3,(H,18,20). The Morgan fingerprint density at radius 2 is 1.50 bits per heavy atom. The van der Waals surface area contributed by atoms with Gasteiger partial charge < -0.3 is 5.32 Å². The van der Waals surface area contributed by atoms with E-state index in [0.717, 1.165) is 25.7 Å². The lowest BCUT2D eigenvalue weighted by Gasteiger charge is -2.31. The molecule has 1 amide bonds. The van der Waals surface area contributed by atoms with Crippen molar-refractivity contribution in [2.45, 2.75) is 70.3 Å². The number of carbonyl (C=O) groups excluding carboxylic acids is 2. The van der Waals surface area contributed by atoms with Crippen LogP contribution in [0.25, 0.3) is 0 Å². The number of rotatable bonds is 3. The lowest BCUT2D eigenvalue weighted by Crippen LogP contribution is -2.43. The average Bonchev–Trinajstić information content (AvgIpc) is 2.39. The molecule has 0 bridgehead atoms. The molecule has 0 atom stereocenters. The molecule has 114 valence electrons. The van der Waals surface area contributed by atoms with Crippen molar-refractivity contribution in [3.05, 3.63) is 0 Å². The maximum absolute atomic E-state index is 13.1. The fraction of sp³-hybridized carbons (Fsp3) is 0.867. The molecule has 2 rings (SSSR count). The Balaban J connectivity index is 1.74. The van der Waals surface area contributed by atoms with Crippen LogP contribution in [0.2, 0.25) is 0 Å². The Kier molecular flexibility index (Phi) is 4.76. The minimum Gasteiger partial charge on any atom is -0.353 e. The molecule has 0 aromatic carbocycles. The fourth-order valence-corrected chi connectivity index (χ4v) is 3.27. The topological polar surface area (TPSA) is 46.2 Å². The Bertz CT molecular complexity index is 366. The van der Waals surface area contributed by atoms with Crippen LogP contribution in [0.4, 0.5) is 8.78 Å². The number of hydrogen-bond donors (Lipinski definition) is 1. The van der Waals surface area contributed by atoms with E-state index in [2.05, 4.69) is 5.32 Å². The van der Waals surface area contributed by atoms with Gasteiger partial charge >= 0.3 is 0 Å². The maximum atomic E-state index is 13.1. The molecule has 0 unspecified atom stereocenters. The molecule has 3 nitrogen and oxygen atoms in total. The van der Waals surface area contributed by atoms with Gasteiger partial charge in [0.15, 0.2) is 0 Å². The highest BCUT2D eigenvalue weighted by Gasteiger charge is 2.38. The zero-order valence-electron chi connectivity index (χ0n) is 12.0. The lowest BCUT2D eigenvalue weighted by molar-refractivity contribution is -0.130. The predicted octanol–water partition coefficient (Wildman–Crippen LogP) is 3.08. The van der Waals surface area contributed by atoms with Crippen molar-refractivity contribution in [3.8, 4) is 0 Å². The first kappa shape index (κ1) is 15.4. The van der Waals surface area contributed by atoms with E-state index >= 15 is 0 Å². The Morgan fingerprint density at radius 1 is 0.950 bits per heavy atom. The molecule has 0 aromatic heterocycles. The van der Waals surface area contributed by atoms with Gasteiger partial charge in [-0.05, 0) is 45.4 Å². The van der Waals surface area contributed by atoms with Gasteiger partial charge in [-0.1, -0.05) is 0 Å². The zero-order chi connectivity index (χ0) is 14.8. The second-order valence-electron chi connectivity index (χ2n) is 6.30. The third-order valence-corrected chi connectivity index (χ3v) is 4.74. The highest BCUT2D eigenvalue weighted by atomic mass is 19.3. The van der Waals surface area contributed by atoms with Gasteiger partial charge in [0, 0.05) is 30.7 Å². The minimum atomic E-state index is -2.59. The van der Waals surface area contributed by atoms with Crippen LogP contribution in [-0.2, 0) is 9.59 Å².